The van der Waals surface area contributed by atoms with Crippen LogP contribution in [0.25, 0.3) is 11.0 Å². The molecule has 2 atom stereocenters. The highest BCUT2D eigenvalue weighted by Crippen LogP contribution is 2.38. The Kier molecular flexibility index (Phi) is 3.57. The van der Waals surface area contributed by atoms with Gasteiger partial charge >= 0.3 is 0 Å². The van der Waals surface area contributed by atoms with Gasteiger partial charge < -0.3 is 14.3 Å². The molecule has 20 heavy (non-hydrogen) atoms. The standard InChI is InChI=1S/C17H22O3/c1-3-5-14-11-17(18,8-9-19-14)15-10-13-7-4-6-12(2)16(13)20-15/h4,6-7,10,14,18H,3,5,8-9,11H2,1-2H3. The fraction of sp³-hybridized carbons (Fsp3) is 0.529. The van der Waals surface area contributed by atoms with Crippen LogP contribution in [0.2, 0.25) is 0 Å². The second kappa shape index (κ2) is 5.23. The van der Waals surface area contributed by atoms with Crippen molar-refractivity contribution < 1.29 is 14.3 Å². The zero-order valence-electron chi connectivity index (χ0n) is 12.2. The highest BCUT2D eigenvalue weighted by molar-refractivity contribution is 5.81. The number of aryl methyl sites for hydroxylation is 1. The lowest BCUT2D eigenvalue weighted by Crippen LogP contribution is -2.38. The molecule has 1 aliphatic rings. The van der Waals surface area contributed by atoms with Gasteiger partial charge in [-0.3, -0.25) is 0 Å². The number of ether oxygens (including phenoxy) is 1. The van der Waals surface area contributed by atoms with Crippen LogP contribution in [0.15, 0.2) is 28.7 Å². The molecule has 1 aromatic heterocycles. The number of rotatable bonds is 3. The third kappa shape index (κ3) is 2.36. The Hall–Kier alpha value is -1.32. The fourth-order valence-corrected chi connectivity index (χ4v) is 3.10. The van der Waals surface area contributed by atoms with Crippen molar-refractivity contribution in [3.05, 3.63) is 35.6 Å². The molecule has 108 valence electrons. The average molecular weight is 274 g/mol. The summed E-state index contributed by atoms with van der Waals surface area (Å²) < 4.78 is 11.7. The number of para-hydroxylation sites is 1. The van der Waals surface area contributed by atoms with E-state index in [-0.39, 0.29) is 6.10 Å². The van der Waals surface area contributed by atoms with Gasteiger partial charge in [0.2, 0.25) is 0 Å². The van der Waals surface area contributed by atoms with Gasteiger partial charge in [-0.2, -0.15) is 0 Å². The summed E-state index contributed by atoms with van der Waals surface area (Å²) in [6.07, 6.45) is 3.42. The van der Waals surface area contributed by atoms with Crippen LogP contribution >= 0.6 is 0 Å². The summed E-state index contributed by atoms with van der Waals surface area (Å²) in [5.41, 5.74) is 1.10. The van der Waals surface area contributed by atoms with Gasteiger partial charge in [0.05, 0.1) is 12.7 Å². The lowest BCUT2D eigenvalue weighted by Gasteiger charge is -2.35. The van der Waals surface area contributed by atoms with Crippen LogP contribution in [0.5, 0.6) is 0 Å². The molecule has 2 unspecified atom stereocenters. The van der Waals surface area contributed by atoms with Crippen molar-refractivity contribution in [2.45, 2.75) is 51.2 Å². The summed E-state index contributed by atoms with van der Waals surface area (Å²) in [5, 5.41) is 12.0. The number of benzene rings is 1. The molecule has 3 heteroatoms. The first-order valence-electron chi connectivity index (χ1n) is 7.46. The summed E-state index contributed by atoms with van der Waals surface area (Å²) in [7, 11) is 0. The summed E-state index contributed by atoms with van der Waals surface area (Å²) in [6.45, 7) is 4.77. The van der Waals surface area contributed by atoms with Crippen molar-refractivity contribution in [3.8, 4) is 0 Å². The highest BCUT2D eigenvalue weighted by atomic mass is 16.5. The van der Waals surface area contributed by atoms with E-state index in [4.69, 9.17) is 9.15 Å². The maximum Gasteiger partial charge on any atom is 0.137 e. The maximum absolute atomic E-state index is 11.0. The van der Waals surface area contributed by atoms with E-state index in [1.54, 1.807) is 0 Å². The minimum absolute atomic E-state index is 0.132. The molecule has 1 aliphatic heterocycles. The Balaban J connectivity index is 1.94. The Morgan fingerprint density at radius 1 is 1.40 bits per heavy atom. The molecule has 1 aromatic carbocycles. The molecular formula is C17H22O3. The number of aliphatic hydroxyl groups is 1. The van der Waals surface area contributed by atoms with Crippen LogP contribution in [0.3, 0.4) is 0 Å². The first kappa shape index (κ1) is 13.7. The van der Waals surface area contributed by atoms with Crippen LogP contribution in [-0.2, 0) is 10.3 Å². The normalized spacial score (nSPS) is 27.1. The van der Waals surface area contributed by atoms with Gasteiger partial charge in [0.15, 0.2) is 0 Å². The van der Waals surface area contributed by atoms with Crippen LogP contribution in [0.4, 0.5) is 0 Å². The van der Waals surface area contributed by atoms with E-state index in [2.05, 4.69) is 6.92 Å². The summed E-state index contributed by atoms with van der Waals surface area (Å²) in [5.74, 6) is 0.686. The number of hydrogen-bond acceptors (Lipinski definition) is 3. The number of hydrogen-bond donors (Lipinski definition) is 1. The SMILES string of the molecule is CCCC1CC(O)(c2cc3cccc(C)c3o2)CCO1. The lowest BCUT2D eigenvalue weighted by molar-refractivity contribution is -0.118. The van der Waals surface area contributed by atoms with Crippen LogP contribution < -0.4 is 0 Å². The van der Waals surface area contributed by atoms with Gasteiger partial charge in [0, 0.05) is 18.2 Å². The van der Waals surface area contributed by atoms with E-state index in [1.807, 2.05) is 31.2 Å². The molecule has 1 saturated heterocycles. The molecule has 3 nitrogen and oxygen atoms in total. The van der Waals surface area contributed by atoms with Gasteiger partial charge in [0.1, 0.15) is 16.9 Å². The molecule has 0 bridgehead atoms. The topological polar surface area (TPSA) is 42.6 Å². The zero-order valence-corrected chi connectivity index (χ0v) is 12.2. The first-order chi connectivity index (χ1) is 9.62. The predicted octanol–water partition coefficient (Wildman–Crippen LogP) is 3.91. The van der Waals surface area contributed by atoms with E-state index >= 15 is 0 Å². The molecule has 2 aromatic rings. The zero-order chi connectivity index (χ0) is 14.2. The molecule has 1 fully saturated rings. The van der Waals surface area contributed by atoms with E-state index in [0.717, 1.165) is 29.4 Å². The van der Waals surface area contributed by atoms with Crippen LogP contribution in [-0.4, -0.2) is 17.8 Å². The smallest absolute Gasteiger partial charge is 0.137 e. The number of furan rings is 1. The molecule has 1 N–H and O–H groups in total. The largest absolute Gasteiger partial charge is 0.458 e. The van der Waals surface area contributed by atoms with Gasteiger partial charge in [-0.05, 0) is 25.0 Å². The Labute approximate surface area is 119 Å². The third-order valence-electron chi connectivity index (χ3n) is 4.24. The summed E-state index contributed by atoms with van der Waals surface area (Å²) in [4.78, 5) is 0. The van der Waals surface area contributed by atoms with Crippen molar-refractivity contribution in [2.75, 3.05) is 6.61 Å². The molecule has 0 amide bonds. The monoisotopic (exact) mass is 274 g/mol. The molecule has 0 aliphatic carbocycles. The molecule has 0 spiro atoms. The Morgan fingerprint density at radius 3 is 3.00 bits per heavy atom. The minimum Gasteiger partial charge on any atom is -0.458 e. The molecule has 0 saturated carbocycles. The molecule has 2 heterocycles. The Bertz CT molecular complexity index is 599. The van der Waals surface area contributed by atoms with Crippen LogP contribution in [0, 0.1) is 6.92 Å². The van der Waals surface area contributed by atoms with Gasteiger partial charge in [-0.25, -0.2) is 0 Å². The van der Waals surface area contributed by atoms with E-state index in [9.17, 15) is 5.11 Å². The van der Waals surface area contributed by atoms with Crippen molar-refractivity contribution in [1.82, 2.24) is 0 Å². The lowest BCUT2D eigenvalue weighted by atomic mass is 9.86. The second-order valence-corrected chi connectivity index (χ2v) is 5.87. The van der Waals surface area contributed by atoms with E-state index < -0.39 is 5.60 Å². The predicted molar refractivity (Wildman–Crippen MR) is 78.7 cm³/mol. The highest BCUT2D eigenvalue weighted by Gasteiger charge is 2.39. The van der Waals surface area contributed by atoms with Gasteiger partial charge in [-0.15, -0.1) is 0 Å². The fourth-order valence-electron chi connectivity index (χ4n) is 3.10. The summed E-state index contributed by atoms with van der Waals surface area (Å²) >= 11 is 0. The Morgan fingerprint density at radius 2 is 2.25 bits per heavy atom. The number of fused-ring (bicyclic) bond motifs is 1. The quantitative estimate of drug-likeness (QED) is 0.922. The maximum atomic E-state index is 11.0. The van der Waals surface area contributed by atoms with Crippen molar-refractivity contribution in [2.24, 2.45) is 0 Å². The van der Waals surface area contributed by atoms with Crippen LogP contribution in [0.1, 0.15) is 43.9 Å². The van der Waals surface area contributed by atoms with Crippen molar-refractivity contribution in [3.63, 3.8) is 0 Å². The van der Waals surface area contributed by atoms with Crippen molar-refractivity contribution in [1.29, 1.82) is 0 Å². The van der Waals surface area contributed by atoms with Gasteiger partial charge in [0.25, 0.3) is 0 Å². The average Bonchev–Trinajstić information content (AvgIpc) is 2.86. The van der Waals surface area contributed by atoms with E-state index in [1.165, 1.54) is 0 Å². The van der Waals surface area contributed by atoms with E-state index in [0.29, 0.717) is 25.2 Å². The first-order valence-corrected chi connectivity index (χ1v) is 7.46. The summed E-state index contributed by atoms with van der Waals surface area (Å²) in [6, 6.07) is 8.06. The molecule has 0 radical (unpaired) electrons. The third-order valence-corrected chi connectivity index (χ3v) is 4.24. The molecule has 3 rings (SSSR count). The minimum atomic E-state index is -0.885. The molecular weight excluding hydrogens is 252 g/mol. The second-order valence-electron chi connectivity index (χ2n) is 5.87. The van der Waals surface area contributed by atoms with Gasteiger partial charge in [-0.1, -0.05) is 31.5 Å². The van der Waals surface area contributed by atoms with Crippen molar-refractivity contribution >= 4 is 11.0 Å².